The smallest absolute Gasteiger partial charge is 0.315 e. The van der Waals surface area contributed by atoms with Crippen molar-refractivity contribution in [2.75, 3.05) is 13.7 Å². The van der Waals surface area contributed by atoms with E-state index in [4.69, 9.17) is 21.4 Å². The summed E-state index contributed by atoms with van der Waals surface area (Å²) in [5.41, 5.74) is 0.794. The number of hydrogen-bond donors (Lipinski definition) is 3. The van der Waals surface area contributed by atoms with E-state index in [9.17, 15) is 9.59 Å². The van der Waals surface area contributed by atoms with Crippen LogP contribution in [0.25, 0.3) is 0 Å². The molecule has 128 valence electrons. The van der Waals surface area contributed by atoms with Gasteiger partial charge in [0, 0.05) is 17.1 Å². The lowest BCUT2D eigenvalue weighted by molar-refractivity contribution is -0.136. The molecule has 6 nitrogen and oxygen atoms in total. The summed E-state index contributed by atoms with van der Waals surface area (Å²) < 4.78 is 5.35. The van der Waals surface area contributed by atoms with Crippen molar-refractivity contribution in [3.8, 4) is 5.75 Å². The SMILES string of the molecule is COc1ccc(Cl)cc1C(CC(C)C)NC(=O)NCCC(=O)O. The lowest BCUT2D eigenvalue weighted by Crippen LogP contribution is -2.39. The number of carboxylic acid groups (broad SMARTS) is 1. The third kappa shape index (κ3) is 6.78. The maximum Gasteiger partial charge on any atom is 0.315 e. The van der Waals surface area contributed by atoms with Gasteiger partial charge in [0.1, 0.15) is 5.75 Å². The van der Waals surface area contributed by atoms with Gasteiger partial charge < -0.3 is 20.5 Å². The van der Waals surface area contributed by atoms with Gasteiger partial charge in [-0.2, -0.15) is 0 Å². The monoisotopic (exact) mass is 342 g/mol. The van der Waals surface area contributed by atoms with Gasteiger partial charge in [0.15, 0.2) is 0 Å². The highest BCUT2D eigenvalue weighted by molar-refractivity contribution is 6.30. The van der Waals surface area contributed by atoms with Gasteiger partial charge in [-0.3, -0.25) is 4.79 Å². The van der Waals surface area contributed by atoms with E-state index < -0.39 is 12.0 Å². The van der Waals surface area contributed by atoms with Crippen molar-refractivity contribution in [1.82, 2.24) is 10.6 Å². The van der Waals surface area contributed by atoms with Crippen LogP contribution in [0, 0.1) is 5.92 Å². The Bertz CT molecular complexity index is 549. The summed E-state index contributed by atoms with van der Waals surface area (Å²) >= 11 is 6.06. The van der Waals surface area contributed by atoms with Gasteiger partial charge in [0.05, 0.1) is 19.6 Å². The second-order valence-corrected chi connectivity index (χ2v) is 6.05. The van der Waals surface area contributed by atoms with Crippen molar-refractivity contribution in [2.45, 2.75) is 32.7 Å². The van der Waals surface area contributed by atoms with Gasteiger partial charge in [-0.15, -0.1) is 0 Å². The number of carboxylic acids is 1. The molecule has 0 saturated heterocycles. The molecule has 1 atom stereocenters. The van der Waals surface area contributed by atoms with Crippen LogP contribution >= 0.6 is 11.6 Å². The van der Waals surface area contributed by atoms with Gasteiger partial charge in [-0.25, -0.2) is 4.79 Å². The molecule has 1 unspecified atom stereocenters. The maximum absolute atomic E-state index is 12.0. The molecule has 7 heteroatoms. The predicted octanol–water partition coefficient (Wildman–Crippen LogP) is 3.21. The summed E-state index contributed by atoms with van der Waals surface area (Å²) in [5.74, 6) is 0.0226. The van der Waals surface area contributed by atoms with Crippen molar-refractivity contribution in [3.05, 3.63) is 28.8 Å². The van der Waals surface area contributed by atoms with Crippen molar-refractivity contribution in [1.29, 1.82) is 0 Å². The Labute approximate surface area is 141 Å². The molecule has 0 heterocycles. The molecule has 0 fully saturated rings. The van der Waals surface area contributed by atoms with Crippen LogP contribution in [0.15, 0.2) is 18.2 Å². The third-order valence-electron chi connectivity index (χ3n) is 3.20. The van der Waals surface area contributed by atoms with Crippen LogP contribution in [0.5, 0.6) is 5.75 Å². The molecule has 1 aromatic rings. The van der Waals surface area contributed by atoms with Crippen LogP contribution in [0.2, 0.25) is 5.02 Å². The molecule has 23 heavy (non-hydrogen) atoms. The minimum absolute atomic E-state index is 0.0717. The summed E-state index contributed by atoms with van der Waals surface area (Å²) in [5, 5.41) is 14.6. The number of hydrogen-bond acceptors (Lipinski definition) is 3. The molecular weight excluding hydrogens is 320 g/mol. The van der Waals surface area contributed by atoms with Gasteiger partial charge in [-0.05, 0) is 30.5 Å². The average molecular weight is 343 g/mol. The molecule has 0 saturated carbocycles. The van der Waals surface area contributed by atoms with Crippen LogP contribution in [-0.2, 0) is 4.79 Å². The van der Waals surface area contributed by atoms with Crippen molar-refractivity contribution >= 4 is 23.6 Å². The largest absolute Gasteiger partial charge is 0.496 e. The number of halogens is 1. The summed E-state index contributed by atoms with van der Waals surface area (Å²) in [6.07, 6.45) is 0.575. The fourth-order valence-corrected chi connectivity index (χ4v) is 2.39. The quantitative estimate of drug-likeness (QED) is 0.677. The van der Waals surface area contributed by atoms with E-state index in [0.29, 0.717) is 23.1 Å². The standard InChI is InChI=1S/C16H23ClN2O4/c1-10(2)8-13(19-16(22)18-7-6-15(20)21)12-9-11(17)4-5-14(12)23-3/h4-5,9-10,13H,6-8H2,1-3H3,(H,20,21)(H2,18,19,22). The van der Waals surface area contributed by atoms with Gasteiger partial charge in [-0.1, -0.05) is 25.4 Å². The number of carbonyl (C=O) groups excluding carboxylic acids is 1. The molecule has 0 aliphatic heterocycles. The van der Waals surface area contributed by atoms with Gasteiger partial charge >= 0.3 is 12.0 Å². The van der Waals surface area contributed by atoms with Gasteiger partial charge in [0.25, 0.3) is 0 Å². The summed E-state index contributed by atoms with van der Waals surface area (Å²) in [6.45, 7) is 4.17. The average Bonchev–Trinajstić information content (AvgIpc) is 2.45. The Kier molecular flexibility index (Phi) is 7.68. The highest BCUT2D eigenvalue weighted by Crippen LogP contribution is 2.31. The number of ether oxygens (including phenoxy) is 1. The van der Waals surface area contributed by atoms with Crippen LogP contribution < -0.4 is 15.4 Å². The zero-order valence-electron chi connectivity index (χ0n) is 13.6. The van der Waals surface area contributed by atoms with E-state index in [1.165, 1.54) is 0 Å². The number of rotatable bonds is 8. The number of carbonyl (C=O) groups is 2. The molecule has 3 N–H and O–H groups in total. The molecule has 0 aliphatic rings. The molecule has 0 aromatic heterocycles. The fourth-order valence-electron chi connectivity index (χ4n) is 2.20. The Morgan fingerprint density at radius 3 is 2.61 bits per heavy atom. The number of methoxy groups -OCH3 is 1. The van der Waals surface area contributed by atoms with Crippen molar-refractivity contribution in [3.63, 3.8) is 0 Å². The molecule has 2 amide bonds. The van der Waals surface area contributed by atoms with Gasteiger partial charge in [0.2, 0.25) is 0 Å². The Balaban J connectivity index is 2.86. The second kappa shape index (κ2) is 9.25. The minimum atomic E-state index is -0.958. The maximum atomic E-state index is 12.0. The van der Waals surface area contributed by atoms with Crippen LogP contribution in [-0.4, -0.2) is 30.8 Å². The van der Waals surface area contributed by atoms with Crippen LogP contribution in [0.4, 0.5) is 4.79 Å². The Morgan fingerprint density at radius 1 is 1.35 bits per heavy atom. The number of aliphatic carboxylic acids is 1. The first-order valence-electron chi connectivity index (χ1n) is 7.43. The predicted molar refractivity (Wildman–Crippen MR) is 89.0 cm³/mol. The van der Waals surface area contributed by atoms with E-state index in [-0.39, 0.29) is 19.0 Å². The molecule has 0 radical (unpaired) electrons. The summed E-state index contributed by atoms with van der Waals surface area (Å²) in [4.78, 5) is 22.5. The first-order valence-corrected chi connectivity index (χ1v) is 7.80. The van der Waals surface area contributed by atoms with E-state index in [0.717, 1.165) is 5.56 Å². The van der Waals surface area contributed by atoms with E-state index in [1.54, 1.807) is 25.3 Å². The second-order valence-electron chi connectivity index (χ2n) is 5.61. The van der Waals surface area contributed by atoms with E-state index in [2.05, 4.69) is 10.6 Å². The zero-order valence-corrected chi connectivity index (χ0v) is 14.3. The summed E-state index contributed by atoms with van der Waals surface area (Å²) in [7, 11) is 1.56. The number of urea groups is 1. The van der Waals surface area contributed by atoms with Crippen LogP contribution in [0.3, 0.4) is 0 Å². The molecule has 1 aromatic carbocycles. The third-order valence-corrected chi connectivity index (χ3v) is 3.44. The highest BCUT2D eigenvalue weighted by Gasteiger charge is 2.20. The number of nitrogens with one attached hydrogen (secondary N) is 2. The van der Waals surface area contributed by atoms with Crippen LogP contribution in [0.1, 0.15) is 38.3 Å². The normalized spacial score (nSPS) is 11.9. The van der Waals surface area contributed by atoms with E-state index >= 15 is 0 Å². The molecule has 0 spiro atoms. The lowest BCUT2D eigenvalue weighted by Gasteiger charge is -2.23. The number of amides is 2. The molecular formula is C16H23ClN2O4. The molecule has 0 aliphatic carbocycles. The first kappa shape index (κ1) is 19.1. The number of benzene rings is 1. The zero-order chi connectivity index (χ0) is 17.4. The first-order chi connectivity index (χ1) is 10.8. The Morgan fingerprint density at radius 2 is 2.04 bits per heavy atom. The molecule has 0 bridgehead atoms. The van der Waals surface area contributed by atoms with Crippen molar-refractivity contribution in [2.24, 2.45) is 5.92 Å². The molecule has 1 rings (SSSR count). The van der Waals surface area contributed by atoms with E-state index in [1.807, 2.05) is 13.8 Å². The summed E-state index contributed by atoms with van der Waals surface area (Å²) in [6, 6.07) is 4.55. The van der Waals surface area contributed by atoms with Crippen molar-refractivity contribution < 1.29 is 19.4 Å². The highest BCUT2D eigenvalue weighted by atomic mass is 35.5. The lowest BCUT2D eigenvalue weighted by atomic mass is 9.96. The Hall–Kier alpha value is -1.95. The minimum Gasteiger partial charge on any atom is -0.496 e. The fraction of sp³-hybridized carbons (Fsp3) is 0.500. The topological polar surface area (TPSA) is 87.7 Å².